The van der Waals surface area contributed by atoms with Crippen molar-refractivity contribution in [2.75, 3.05) is 25.0 Å². The van der Waals surface area contributed by atoms with Gasteiger partial charge in [-0.05, 0) is 58.6 Å². The normalized spacial score (nSPS) is 17.4. The molecule has 0 spiro atoms. The number of hydrogen-bond donors (Lipinski definition) is 1. The first-order valence-electron chi connectivity index (χ1n) is 13.2. The number of carbonyl (C=O) groups excluding carboxylic acids is 2. The smallest absolute Gasteiger partial charge is 0.410 e. The molecule has 9 heteroatoms. The Balaban J connectivity index is 1.43. The molecule has 3 heterocycles. The van der Waals surface area contributed by atoms with Crippen LogP contribution in [0.5, 0.6) is 0 Å². The fraction of sp³-hybridized carbons (Fsp3) is 0.667. The van der Waals surface area contributed by atoms with Gasteiger partial charge in [-0.25, -0.2) is 9.78 Å². The van der Waals surface area contributed by atoms with Gasteiger partial charge in [0.1, 0.15) is 18.0 Å². The van der Waals surface area contributed by atoms with Crippen LogP contribution in [0.1, 0.15) is 56.8 Å². The average molecular weight is 515 g/mol. The molecule has 2 aliphatic rings. The number of amides is 1. The third kappa shape index (κ3) is 7.09. The number of anilines is 1. The van der Waals surface area contributed by atoms with Gasteiger partial charge in [0.15, 0.2) is 5.78 Å². The zero-order chi connectivity index (χ0) is 26.1. The van der Waals surface area contributed by atoms with Crippen LogP contribution in [0.15, 0.2) is 18.5 Å². The van der Waals surface area contributed by atoms with E-state index in [2.05, 4.69) is 31.0 Å². The molecule has 0 radical (unpaired) electrons. The minimum Gasteiger partial charge on any atom is -0.444 e. The molecule has 4 rings (SSSR count). The fourth-order valence-corrected chi connectivity index (χ4v) is 5.18. The zero-order valence-corrected chi connectivity index (χ0v) is 23.7. The molecular formula is C27H42N4O4Si. The highest BCUT2D eigenvalue weighted by Gasteiger charge is 2.33. The van der Waals surface area contributed by atoms with Crippen molar-refractivity contribution in [2.45, 2.75) is 90.5 Å². The number of fused-ring (bicyclic) bond motifs is 1. The van der Waals surface area contributed by atoms with Gasteiger partial charge in [0.2, 0.25) is 0 Å². The van der Waals surface area contributed by atoms with E-state index in [0.29, 0.717) is 19.8 Å². The lowest BCUT2D eigenvalue weighted by Gasteiger charge is -2.34. The Hall–Kier alpha value is -2.39. The average Bonchev–Trinajstić information content (AvgIpc) is 3.57. The van der Waals surface area contributed by atoms with Crippen molar-refractivity contribution in [3.8, 4) is 0 Å². The van der Waals surface area contributed by atoms with E-state index in [1.54, 1.807) is 4.90 Å². The lowest BCUT2D eigenvalue weighted by molar-refractivity contribution is 0.0210. The summed E-state index contributed by atoms with van der Waals surface area (Å²) in [4.78, 5) is 31.9. The highest BCUT2D eigenvalue weighted by Crippen LogP contribution is 2.35. The van der Waals surface area contributed by atoms with Gasteiger partial charge in [-0.15, -0.1) is 0 Å². The summed E-state index contributed by atoms with van der Waals surface area (Å²) in [5.41, 5.74) is 1.95. The van der Waals surface area contributed by atoms with Crippen LogP contribution < -0.4 is 5.32 Å². The number of carbonyl (C=O) groups is 2. The predicted molar refractivity (Wildman–Crippen MR) is 145 cm³/mol. The Morgan fingerprint density at radius 3 is 2.44 bits per heavy atom. The van der Waals surface area contributed by atoms with E-state index in [1.165, 1.54) is 0 Å². The summed E-state index contributed by atoms with van der Waals surface area (Å²) < 4.78 is 13.4. The minimum atomic E-state index is -1.16. The molecule has 2 fully saturated rings. The Morgan fingerprint density at radius 1 is 1.14 bits per heavy atom. The van der Waals surface area contributed by atoms with Crippen LogP contribution in [0.25, 0.3) is 11.0 Å². The number of hydrogen-bond acceptors (Lipinski definition) is 6. The first kappa shape index (κ1) is 26.7. The standard InChI is InChI=1S/C27H42N4O4Si/c1-27(2,3)35-26(33)30-11-9-20(10-12-30)29-21-15-22-23(24(32)19-7-8-19)17-31(25(22)28-16-21)18-34-13-14-36(4,5)6/h15-17,19-20,29H,7-14,18H2,1-6H3. The Bertz CT molecular complexity index is 1090. The number of ketones is 1. The van der Waals surface area contributed by atoms with Gasteiger partial charge in [0.05, 0.1) is 11.9 Å². The van der Waals surface area contributed by atoms with Crippen LogP contribution in [0, 0.1) is 5.92 Å². The maximum atomic E-state index is 13.0. The first-order chi connectivity index (χ1) is 16.9. The topological polar surface area (TPSA) is 85.7 Å². The predicted octanol–water partition coefficient (Wildman–Crippen LogP) is 5.75. The molecule has 2 aromatic rings. The number of nitrogens with zero attached hydrogens (tertiary/aromatic N) is 3. The molecule has 1 amide bonds. The molecule has 36 heavy (non-hydrogen) atoms. The summed E-state index contributed by atoms with van der Waals surface area (Å²) in [6.07, 6.45) is 7.12. The number of nitrogens with one attached hydrogen (secondary N) is 1. The van der Waals surface area contributed by atoms with Gasteiger partial charge in [-0.1, -0.05) is 19.6 Å². The molecule has 198 valence electrons. The minimum absolute atomic E-state index is 0.144. The largest absolute Gasteiger partial charge is 0.444 e. The molecule has 8 nitrogen and oxygen atoms in total. The highest BCUT2D eigenvalue weighted by atomic mass is 28.3. The number of likely N-dealkylation sites (tertiary alicyclic amines) is 1. The summed E-state index contributed by atoms with van der Waals surface area (Å²) in [5, 5.41) is 4.47. The Morgan fingerprint density at radius 2 is 1.83 bits per heavy atom. The number of pyridine rings is 1. The molecule has 1 N–H and O–H groups in total. The van der Waals surface area contributed by atoms with E-state index in [4.69, 9.17) is 14.5 Å². The van der Waals surface area contributed by atoms with Gasteiger partial charge < -0.3 is 24.3 Å². The van der Waals surface area contributed by atoms with Gasteiger partial charge in [-0.2, -0.15) is 0 Å². The van der Waals surface area contributed by atoms with Crippen molar-refractivity contribution in [3.05, 3.63) is 24.0 Å². The first-order valence-corrected chi connectivity index (χ1v) is 17.0. The van der Waals surface area contributed by atoms with Crippen LogP contribution in [0.3, 0.4) is 0 Å². The van der Waals surface area contributed by atoms with Gasteiger partial charge in [0, 0.05) is 56.9 Å². The van der Waals surface area contributed by atoms with Crippen LogP contribution in [0.4, 0.5) is 10.5 Å². The summed E-state index contributed by atoms with van der Waals surface area (Å²) in [6.45, 7) is 15.1. The lowest BCUT2D eigenvalue weighted by Crippen LogP contribution is -2.44. The van der Waals surface area contributed by atoms with E-state index in [9.17, 15) is 9.59 Å². The maximum absolute atomic E-state index is 13.0. The molecule has 1 saturated carbocycles. The van der Waals surface area contributed by atoms with Crippen molar-refractivity contribution in [1.29, 1.82) is 0 Å². The summed E-state index contributed by atoms with van der Waals surface area (Å²) in [5.74, 6) is 0.358. The third-order valence-corrected chi connectivity index (χ3v) is 8.38. The molecule has 0 bridgehead atoms. The van der Waals surface area contributed by atoms with Crippen LogP contribution >= 0.6 is 0 Å². The molecule has 2 aromatic heterocycles. The van der Waals surface area contributed by atoms with Gasteiger partial charge >= 0.3 is 6.09 Å². The van der Waals surface area contributed by atoms with E-state index in [0.717, 1.165) is 60.6 Å². The molecule has 0 unspecified atom stereocenters. The van der Waals surface area contributed by atoms with Crippen LogP contribution in [-0.4, -0.2) is 65.7 Å². The van der Waals surface area contributed by atoms with Crippen LogP contribution in [-0.2, 0) is 16.2 Å². The van der Waals surface area contributed by atoms with Gasteiger partial charge in [0.25, 0.3) is 0 Å². The van der Waals surface area contributed by atoms with Crippen molar-refractivity contribution in [1.82, 2.24) is 14.5 Å². The zero-order valence-electron chi connectivity index (χ0n) is 22.7. The van der Waals surface area contributed by atoms with E-state index in [-0.39, 0.29) is 23.8 Å². The van der Waals surface area contributed by atoms with Crippen molar-refractivity contribution in [3.63, 3.8) is 0 Å². The number of Topliss-reactive ketones (excluding diaryl/α,β-unsaturated/α-hetero) is 1. The second kappa shape index (κ2) is 10.5. The molecular weight excluding hydrogens is 472 g/mol. The number of aromatic nitrogens is 2. The molecule has 0 aromatic carbocycles. The van der Waals surface area contributed by atoms with E-state index < -0.39 is 13.7 Å². The fourth-order valence-electron chi connectivity index (χ4n) is 4.42. The second-order valence-corrected chi connectivity index (χ2v) is 18.1. The van der Waals surface area contributed by atoms with E-state index >= 15 is 0 Å². The summed E-state index contributed by atoms with van der Waals surface area (Å²) >= 11 is 0. The van der Waals surface area contributed by atoms with Gasteiger partial charge in [-0.3, -0.25) is 4.79 Å². The number of rotatable bonds is 9. The SMILES string of the molecule is CC(C)(C)OC(=O)N1CCC(Nc2cnc3c(c2)c(C(=O)C2CC2)cn3COCC[Si](C)(C)C)CC1. The summed E-state index contributed by atoms with van der Waals surface area (Å²) in [7, 11) is -1.16. The molecule has 1 aliphatic heterocycles. The van der Waals surface area contributed by atoms with Crippen molar-refractivity contribution < 1.29 is 19.1 Å². The van der Waals surface area contributed by atoms with E-state index in [1.807, 2.05) is 37.7 Å². The number of ether oxygens (including phenoxy) is 2. The molecule has 1 saturated heterocycles. The summed E-state index contributed by atoms with van der Waals surface area (Å²) in [6, 6.07) is 3.39. The second-order valence-electron chi connectivity index (χ2n) is 12.5. The Kier molecular flexibility index (Phi) is 7.80. The molecule has 0 atom stereocenters. The quantitative estimate of drug-likeness (QED) is 0.260. The Labute approximate surface area is 215 Å². The number of piperidine rings is 1. The monoisotopic (exact) mass is 514 g/mol. The highest BCUT2D eigenvalue weighted by molar-refractivity contribution is 6.76. The lowest BCUT2D eigenvalue weighted by atomic mass is 10.0. The van der Waals surface area contributed by atoms with Crippen LogP contribution in [0.2, 0.25) is 25.7 Å². The maximum Gasteiger partial charge on any atom is 0.410 e. The van der Waals surface area contributed by atoms with Crippen molar-refractivity contribution >= 4 is 36.7 Å². The van der Waals surface area contributed by atoms with Crippen molar-refractivity contribution in [2.24, 2.45) is 5.92 Å². The molecule has 1 aliphatic carbocycles. The third-order valence-electron chi connectivity index (χ3n) is 6.67.